The number of piperazine rings is 1. The Balaban J connectivity index is 1.36. The molecule has 1 saturated carbocycles. The maximum atomic E-state index is 13.2. The maximum absolute atomic E-state index is 13.2. The first-order valence-electron chi connectivity index (χ1n) is 13.1. The molecule has 1 aliphatic heterocycles. The fourth-order valence-electron chi connectivity index (χ4n) is 4.53. The molecule has 0 radical (unpaired) electrons. The summed E-state index contributed by atoms with van der Waals surface area (Å²) in [6.07, 6.45) is -1.76. The molecule has 14 heteroatoms. The third-order valence-corrected chi connectivity index (χ3v) is 7.04. The molecule has 0 spiro atoms. The van der Waals surface area contributed by atoms with Crippen LogP contribution in [0.25, 0.3) is 0 Å². The molecular formula is C25H34F3N7O4. The molecule has 3 heterocycles. The first-order chi connectivity index (χ1) is 18.4. The van der Waals surface area contributed by atoms with Gasteiger partial charge in [-0.1, -0.05) is 6.92 Å². The van der Waals surface area contributed by atoms with Crippen LogP contribution in [0.1, 0.15) is 62.7 Å². The minimum Gasteiger partial charge on any atom is -0.450 e. The number of aromatic nitrogens is 4. The highest BCUT2D eigenvalue weighted by atomic mass is 19.4. The zero-order valence-corrected chi connectivity index (χ0v) is 22.5. The van der Waals surface area contributed by atoms with Crippen molar-refractivity contribution < 1.29 is 32.3 Å². The number of nitrogens with one attached hydrogen (secondary N) is 1. The van der Waals surface area contributed by atoms with E-state index in [1.807, 2.05) is 0 Å². The predicted octanol–water partition coefficient (Wildman–Crippen LogP) is 3.42. The second-order valence-corrected chi connectivity index (χ2v) is 10.1. The third kappa shape index (κ3) is 6.53. The summed E-state index contributed by atoms with van der Waals surface area (Å²) in [5.41, 5.74) is 0.466. The minimum absolute atomic E-state index is 0.00754. The van der Waals surface area contributed by atoms with E-state index in [9.17, 15) is 27.6 Å². The summed E-state index contributed by atoms with van der Waals surface area (Å²) in [7, 11) is 0. The van der Waals surface area contributed by atoms with E-state index in [4.69, 9.17) is 4.74 Å². The number of ether oxygens (including phenoxy) is 1. The van der Waals surface area contributed by atoms with Gasteiger partial charge in [-0.3, -0.25) is 19.0 Å². The molecular weight excluding hydrogens is 519 g/mol. The number of nitrogens with zero attached hydrogens (tertiary/aromatic N) is 6. The summed E-state index contributed by atoms with van der Waals surface area (Å²) in [6.45, 7) is 8.54. The Kier molecular flexibility index (Phi) is 8.21. The predicted molar refractivity (Wildman–Crippen MR) is 134 cm³/mol. The van der Waals surface area contributed by atoms with Crippen LogP contribution in [0.2, 0.25) is 0 Å². The number of alkyl halides is 3. The highest BCUT2D eigenvalue weighted by molar-refractivity contribution is 5.92. The molecule has 39 heavy (non-hydrogen) atoms. The van der Waals surface area contributed by atoms with Gasteiger partial charge in [0.2, 0.25) is 11.8 Å². The van der Waals surface area contributed by atoms with E-state index in [0.29, 0.717) is 43.3 Å². The summed E-state index contributed by atoms with van der Waals surface area (Å²) in [6, 6.07) is 0.429. The molecule has 2 fully saturated rings. The highest BCUT2D eigenvalue weighted by Crippen LogP contribution is 2.42. The van der Waals surface area contributed by atoms with Crippen molar-refractivity contribution in [1.82, 2.24) is 29.4 Å². The average Bonchev–Trinajstić information content (AvgIpc) is 3.54. The molecule has 1 N–H and O–H groups in total. The Morgan fingerprint density at radius 2 is 1.74 bits per heavy atom. The van der Waals surface area contributed by atoms with Crippen LogP contribution in [0.4, 0.5) is 23.7 Å². The van der Waals surface area contributed by atoms with Crippen LogP contribution in [-0.4, -0.2) is 80.1 Å². The third-order valence-electron chi connectivity index (χ3n) is 7.04. The van der Waals surface area contributed by atoms with Gasteiger partial charge < -0.3 is 19.9 Å². The summed E-state index contributed by atoms with van der Waals surface area (Å²) >= 11 is 0. The highest BCUT2D eigenvalue weighted by Gasteiger charge is 2.38. The lowest BCUT2D eigenvalue weighted by Crippen LogP contribution is -2.52. The van der Waals surface area contributed by atoms with Gasteiger partial charge in [0.05, 0.1) is 30.5 Å². The second kappa shape index (κ2) is 11.3. The van der Waals surface area contributed by atoms with Crippen LogP contribution in [0.15, 0.2) is 12.3 Å². The lowest BCUT2D eigenvalue weighted by molar-refractivity contribution is -0.141. The van der Waals surface area contributed by atoms with E-state index in [0.717, 1.165) is 18.9 Å². The van der Waals surface area contributed by atoms with E-state index < -0.39 is 35.8 Å². The number of hydrogen-bond donors (Lipinski definition) is 1. The fourth-order valence-corrected chi connectivity index (χ4v) is 4.53. The van der Waals surface area contributed by atoms with Crippen molar-refractivity contribution in [3.63, 3.8) is 0 Å². The molecule has 2 atom stereocenters. The van der Waals surface area contributed by atoms with Crippen LogP contribution in [-0.2, 0) is 27.0 Å². The lowest BCUT2D eigenvalue weighted by atomic mass is 10.1. The van der Waals surface area contributed by atoms with Gasteiger partial charge in [-0.15, -0.1) is 0 Å². The van der Waals surface area contributed by atoms with Gasteiger partial charge in [-0.2, -0.15) is 23.4 Å². The number of rotatable bonds is 8. The fraction of sp³-hybridized carbons (Fsp3) is 0.640. The summed E-state index contributed by atoms with van der Waals surface area (Å²) in [5, 5.41) is 10.9. The maximum Gasteiger partial charge on any atom is 0.435 e. The van der Waals surface area contributed by atoms with Gasteiger partial charge in [0.15, 0.2) is 5.69 Å². The van der Waals surface area contributed by atoms with Crippen LogP contribution in [0, 0.1) is 12.8 Å². The van der Waals surface area contributed by atoms with Crippen LogP contribution in [0.5, 0.6) is 0 Å². The van der Waals surface area contributed by atoms with E-state index in [1.165, 1.54) is 9.36 Å². The van der Waals surface area contributed by atoms with Crippen molar-refractivity contribution in [3.8, 4) is 0 Å². The number of hydrogen-bond acceptors (Lipinski definition) is 6. The van der Waals surface area contributed by atoms with Crippen molar-refractivity contribution in [2.75, 3.05) is 38.1 Å². The minimum atomic E-state index is -4.55. The SMILES string of the molecule is CCOC(=O)N1CCN(C(=O)C(C)n2cc(NC(=O)C(C)Cn3nc(C(F)(F)F)cc3C3CC3)c(C)n2)CC1. The monoisotopic (exact) mass is 553 g/mol. The van der Waals surface area contributed by atoms with Crippen molar-refractivity contribution in [3.05, 3.63) is 29.3 Å². The topological polar surface area (TPSA) is 115 Å². The van der Waals surface area contributed by atoms with E-state index in [2.05, 4.69) is 15.5 Å². The lowest BCUT2D eigenvalue weighted by Gasteiger charge is -2.35. The van der Waals surface area contributed by atoms with Gasteiger partial charge in [-0.25, -0.2) is 4.79 Å². The van der Waals surface area contributed by atoms with E-state index >= 15 is 0 Å². The first kappa shape index (κ1) is 28.4. The van der Waals surface area contributed by atoms with Gasteiger partial charge >= 0.3 is 12.3 Å². The zero-order valence-electron chi connectivity index (χ0n) is 22.5. The standard InChI is InChI=1S/C25H34F3N7O4/c1-5-39-24(38)33-10-8-32(9-11-33)23(37)17(4)34-14-19(16(3)30-34)29-22(36)15(2)13-35-20(18-6-7-18)12-21(31-35)25(26,27)28/h12,14-15,17-18H,5-11,13H2,1-4H3,(H,29,36). The molecule has 11 nitrogen and oxygen atoms in total. The molecule has 0 bridgehead atoms. The normalized spacial score (nSPS) is 17.6. The van der Waals surface area contributed by atoms with Gasteiger partial charge in [-0.05, 0) is 39.7 Å². The first-order valence-corrected chi connectivity index (χ1v) is 13.1. The van der Waals surface area contributed by atoms with Crippen LogP contribution < -0.4 is 5.32 Å². The average molecular weight is 554 g/mol. The molecule has 2 aliphatic rings. The van der Waals surface area contributed by atoms with Gasteiger partial charge in [0.1, 0.15) is 6.04 Å². The molecule has 1 aliphatic carbocycles. The summed E-state index contributed by atoms with van der Waals surface area (Å²) in [5.74, 6) is -1.19. The number of carbonyl (C=O) groups is 3. The zero-order chi connectivity index (χ0) is 28.5. The van der Waals surface area contributed by atoms with Gasteiger partial charge in [0, 0.05) is 44.0 Å². The quantitative estimate of drug-likeness (QED) is 0.536. The van der Waals surface area contributed by atoms with Gasteiger partial charge in [0.25, 0.3) is 0 Å². The Bertz CT molecular complexity index is 1210. The van der Waals surface area contributed by atoms with E-state index in [1.54, 1.807) is 43.7 Å². The number of anilines is 1. The molecule has 4 rings (SSSR count). The molecule has 2 aromatic heterocycles. The van der Waals surface area contributed by atoms with Crippen molar-refractivity contribution in [2.24, 2.45) is 5.92 Å². The van der Waals surface area contributed by atoms with Crippen LogP contribution >= 0.6 is 0 Å². The van der Waals surface area contributed by atoms with E-state index in [-0.39, 0.29) is 25.0 Å². The Hall–Kier alpha value is -3.58. The Labute approximate surface area is 224 Å². The summed E-state index contributed by atoms with van der Waals surface area (Å²) in [4.78, 5) is 41.1. The van der Waals surface area contributed by atoms with Crippen LogP contribution in [0.3, 0.4) is 0 Å². The van der Waals surface area contributed by atoms with Crippen molar-refractivity contribution in [1.29, 1.82) is 0 Å². The Morgan fingerprint density at radius 3 is 2.33 bits per heavy atom. The summed E-state index contributed by atoms with van der Waals surface area (Å²) < 4.78 is 47.4. The second-order valence-electron chi connectivity index (χ2n) is 10.1. The number of carbonyl (C=O) groups excluding carboxylic acids is 3. The molecule has 2 aromatic rings. The number of aryl methyl sites for hydroxylation is 1. The molecule has 0 aromatic carbocycles. The number of halogens is 3. The van der Waals surface area contributed by atoms with Crippen molar-refractivity contribution >= 4 is 23.6 Å². The number of amides is 3. The molecule has 214 valence electrons. The molecule has 1 saturated heterocycles. The largest absolute Gasteiger partial charge is 0.450 e. The van der Waals surface area contributed by atoms with Crippen molar-refractivity contribution in [2.45, 2.75) is 65.2 Å². The molecule has 2 unspecified atom stereocenters. The Morgan fingerprint density at radius 1 is 1.10 bits per heavy atom. The molecule has 3 amide bonds. The smallest absolute Gasteiger partial charge is 0.435 e.